The maximum atomic E-state index is 6.04. The number of nitrogens with two attached hydrogens (primary N) is 1. The molecule has 21 heavy (non-hydrogen) atoms. The minimum Gasteiger partial charge on any atom is -0.382 e. The highest BCUT2D eigenvalue weighted by Gasteiger charge is 2.15. The lowest BCUT2D eigenvalue weighted by Gasteiger charge is -2.06. The van der Waals surface area contributed by atoms with Crippen molar-refractivity contribution in [3.05, 3.63) is 57.0 Å². The molecule has 0 spiro atoms. The molecule has 3 aromatic rings. The number of anilines is 1. The van der Waals surface area contributed by atoms with Crippen LogP contribution in [0.3, 0.4) is 0 Å². The van der Waals surface area contributed by atoms with Crippen molar-refractivity contribution in [3.8, 4) is 22.4 Å². The zero-order chi connectivity index (χ0) is 15.0. The van der Waals surface area contributed by atoms with E-state index in [1.165, 1.54) is 0 Å². The summed E-state index contributed by atoms with van der Waals surface area (Å²) in [6.45, 7) is 0. The minimum absolute atomic E-state index is 0.443. The van der Waals surface area contributed by atoms with E-state index < -0.39 is 0 Å². The molecule has 0 aliphatic heterocycles. The summed E-state index contributed by atoms with van der Waals surface area (Å²) in [6, 6.07) is 13.1. The van der Waals surface area contributed by atoms with E-state index >= 15 is 0 Å². The number of aromatic amines is 1. The number of H-pyrrole nitrogens is 1. The summed E-state index contributed by atoms with van der Waals surface area (Å²) in [7, 11) is 0. The second-order valence-corrected chi connectivity index (χ2v) is 6.19. The fourth-order valence-corrected chi connectivity index (χ4v) is 2.75. The molecule has 0 saturated carbocycles. The summed E-state index contributed by atoms with van der Waals surface area (Å²) in [6.07, 6.45) is 0. The molecule has 0 amide bonds. The molecule has 0 atom stereocenters. The second kappa shape index (κ2) is 5.72. The van der Waals surface area contributed by atoms with Gasteiger partial charge in [-0.3, -0.25) is 5.10 Å². The number of hydrogen-bond acceptors (Lipinski definition) is 2. The average Bonchev–Trinajstić information content (AvgIpc) is 2.85. The van der Waals surface area contributed by atoms with E-state index in [2.05, 4.69) is 26.1 Å². The molecule has 106 valence electrons. The number of nitrogens with one attached hydrogen (secondary N) is 1. The molecule has 0 aliphatic carbocycles. The molecule has 2 aromatic carbocycles. The Morgan fingerprint density at radius 3 is 2.33 bits per heavy atom. The minimum atomic E-state index is 0.443. The van der Waals surface area contributed by atoms with Crippen LogP contribution in [0.2, 0.25) is 10.0 Å². The van der Waals surface area contributed by atoms with Crippen molar-refractivity contribution >= 4 is 44.9 Å². The van der Waals surface area contributed by atoms with Crippen LogP contribution in [0, 0.1) is 0 Å². The topological polar surface area (TPSA) is 54.7 Å². The summed E-state index contributed by atoms with van der Waals surface area (Å²) < 4.78 is 0.817. The van der Waals surface area contributed by atoms with Crippen LogP contribution in [0.4, 0.5) is 5.82 Å². The van der Waals surface area contributed by atoms with Gasteiger partial charge in [0.25, 0.3) is 0 Å². The molecule has 0 unspecified atom stereocenters. The largest absolute Gasteiger partial charge is 0.382 e. The van der Waals surface area contributed by atoms with Gasteiger partial charge in [0.05, 0.1) is 16.3 Å². The van der Waals surface area contributed by atoms with Crippen molar-refractivity contribution in [1.29, 1.82) is 0 Å². The van der Waals surface area contributed by atoms with E-state index in [4.69, 9.17) is 28.9 Å². The van der Waals surface area contributed by atoms with Crippen LogP contribution in [0.1, 0.15) is 0 Å². The smallest absolute Gasteiger partial charge is 0.153 e. The quantitative estimate of drug-likeness (QED) is 0.623. The molecule has 1 heterocycles. The fourth-order valence-electron chi connectivity index (χ4n) is 2.13. The summed E-state index contributed by atoms with van der Waals surface area (Å²) in [5, 5.41) is 8.42. The molecule has 0 radical (unpaired) electrons. The Hall–Kier alpha value is -1.49. The van der Waals surface area contributed by atoms with Gasteiger partial charge in [-0.25, -0.2) is 0 Å². The van der Waals surface area contributed by atoms with Crippen LogP contribution in [0.15, 0.2) is 46.9 Å². The van der Waals surface area contributed by atoms with Crippen LogP contribution in [0.5, 0.6) is 0 Å². The zero-order valence-corrected chi connectivity index (χ0v) is 13.8. The second-order valence-electron chi connectivity index (χ2n) is 4.49. The van der Waals surface area contributed by atoms with Crippen molar-refractivity contribution in [2.45, 2.75) is 0 Å². The van der Waals surface area contributed by atoms with Crippen LogP contribution < -0.4 is 5.73 Å². The van der Waals surface area contributed by atoms with Gasteiger partial charge in [-0.1, -0.05) is 41.4 Å². The lowest BCUT2D eigenvalue weighted by Crippen LogP contribution is -1.89. The molecule has 0 bridgehead atoms. The maximum Gasteiger partial charge on any atom is 0.153 e. The summed E-state index contributed by atoms with van der Waals surface area (Å²) in [5.74, 6) is 0.443. The van der Waals surface area contributed by atoms with Gasteiger partial charge in [0.15, 0.2) is 5.82 Å². The fraction of sp³-hybridized carbons (Fsp3) is 0. The lowest BCUT2D eigenvalue weighted by molar-refractivity contribution is 1.10. The third kappa shape index (κ3) is 2.79. The highest BCUT2D eigenvalue weighted by molar-refractivity contribution is 9.10. The Labute approximate surface area is 140 Å². The van der Waals surface area contributed by atoms with E-state index in [9.17, 15) is 0 Å². The van der Waals surface area contributed by atoms with Crippen LogP contribution >= 0.6 is 39.1 Å². The SMILES string of the molecule is Nc1n[nH]c(-c2ccc(Cl)c(Br)c2)c1-c1ccc(Cl)cc1. The summed E-state index contributed by atoms with van der Waals surface area (Å²) >= 11 is 15.4. The van der Waals surface area contributed by atoms with E-state index in [0.717, 1.165) is 26.9 Å². The third-order valence-corrected chi connectivity index (χ3v) is 4.60. The Morgan fingerprint density at radius 2 is 1.67 bits per heavy atom. The van der Waals surface area contributed by atoms with Crippen molar-refractivity contribution in [1.82, 2.24) is 10.2 Å². The molecule has 3 nitrogen and oxygen atoms in total. The Bertz CT molecular complexity index is 797. The highest BCUT2D eigenvalue weighted by atomic mass is 79.9. The predicted octanol–water partition coefficient (Wildman–Crippen LogP) is 5.40. The number of hydrogen-bond donors (Lipinski definition) is 2. The highest BCUT2D eigenvalue weighted by Crippen LogP contribution is 2.37. The lowest BCUT2D eigenvalue weighted by atomic mass is 10.0. The van der Waals surface area contributed by atoms with Gasteiger partial charge in [0, 0.05) is 15.1 Å². The van der Waals surface area contributed by atoms with Crippen LogP contribution in [-0.4, -0.2) is 10.2 Å². The van der Waals surface area contributed by atoms with Gasteiger partial charge in [0.1, 0.15) is 0 Å². The summed E-state index contributed by atoms with van der Waals surface area (Å²) in [5.41, 5.74) is 9.59. The van der Waals surface area contributed by atoms with Gasteiger partial charge in [-0.15, -0.1) is 0 Å². The van der Waals surface area contributed by atoms with Crippen molar-refractivity contribution in [3.63, 3.8) is 0 Å². The van der Waals surface area contributed by atoms with Crippen molar-refractivity contribution in [2.75, 3.05) is 5.73 Å². The normalized spacial score (nSPS) is 10.8. The first kappa shape index (κ1) is 14.4. The van der Waals surface area contributed by atoms with Gasteiger partial charge in [-0.05, 0) is 45.8 Å². The van der Waals surface area contributed by atoms with Crippen LogP contribution in [0.25, 0.3) is 22.4 Å². The van der Waals surface area contributed by atoms with Gasteiger partial charge in [-0.2, -0.15) is 5.10 Å². The molecular weight excluding hydrogens is 373 g/mol. The molecule has 3 rings (SSSR count). The van der Waals surface area contributed by atoms with Gasteiger partial charge >= 0.3 is 0 Å². The van der Waals surface area contributed by atoms with Crippen LogP contribution in [-0.2, 0) is 0 Å². The van der Waals surface area contributed by atoms with E-state index in [-0.39, 0.29) is 0 Å². The molecule has 0 aliphatic rings. The molecule has 3 N–H and O–H groups in total. The van der Waals surface area contributed by atoms with E-state index in [0.29, 0.717) is 15.9 Å². The van der Waals surface area contributed by atoms with Gasteiger partial charge in [0.2, 0.25) is 0 Å². The first-order valence-electron chi connectivity index (χ1n) is 6.11. The van der Waals surface area contributed by atoms with E-state index in [1.54, 1.807) is 0 Å². The number of nitrogens with zero attached hydrogens (tertiary/aromatic N) is 1. The zero-order valence-electron chi connectivity index (χ0n) is 10.7. The summed E-state index contributed by atoms with van der Waals surface area (Å²) in [4.78, 5) is 0. The van der Waals surface area contributed by atoms with Gasteiger partial charge < -0.3 is 5.73 Å². The number of rotatable bonds is 2. The molecule has 6 heteroatoms. The maximum absolute atomic E-state index is 6.04. The monoisotopic (exact) mass is 381 g/mol. The third-order valence-electron chi connectivity index (χ3n) is 3.14. The molecule has 1 aromatic heterocycles. The molecule has 0 fully saturated rings. The Morgan fingerprint density at radius 1 is 1.00 bits per heavy atom. The molecular formula is C15H10BrCl2N3. The predicted molar refractivity (Wildman–Crippen MR) is 91.6 cm³/mol. The van der Waals surface area contributed by atoms with Crippen molar-refractivity contribution in [2.24, 2.45) is 0 Å². The Kier molecular flexibility index (Phi) is 3.93. The first-order chi connectivity index (χ1) is 10.1. The molecule has 0 saturated heterocycles. The number of nitrogen functional groups attached to an aromatic ring is 1. The van der Waals surface area contributed by atoms with Crippen molar-refractivity contribution < 1.29 is 0 Å². The average molecular weight is 383 g/mol. The Balaban J connectivity index is 2.16. The number of halogens is 3. The number of benzene rings is 2. The number of aromatic nitrogens is 2. The first-order valence-corrected chi connectivity index (χ1v) is 7.66. The van der Waals surface area contributed by atoms with E-state index in [1.807, 2.05) is 42.5 Å². The standard InChI is InChI=1S/C15H10BrCl2N3/c16-11-7-9(3-6-12(11)18)14-13(15(19)21-20-14)8-1-4-10(17)5-2-8/h1-7H,(H3,19,20,21).